The highest BCUT2D eigenvalue weighted by atomic mass is 28.4. The molecule has 0 radical (unpaired) electrons. The zero-order valence-electron chi connectivity index (χ0n) is 16.1. The van der Waals surface area contributed by atoms with E-state index in [1.807, 2.05) is 30.3 Å². The first-order valence-electron chi connectivity index (χ1n) is 8.99. The minimum Gasteiger partial charge on any atom is -0.417 e. The average molecular weight is 365 g/mol. The maximum Gasteiger partial charge on any atom is 0.265 e. The van der Waals surface area contributed by atoms with E-state index >= 15 is 0 Å². The highest BCUT2D eigenvalue weighted by Gasteiger charge is 2.40. The van der Waals surface area contributed by atoms with Gasteiger partial charge >= 0.3 is 0 Å². The quantitative estimate of drug-likeness (QED) is 0.457. The summed E-state index contributed by atoms with van der Waals surface area (Å²) >= 11 is 0. The van der Waals surface area contributed by atoms with Gasteiger partial charge in [0.05, 0.1) is 12.6 Å². The van der Waals surface area contributed by atoms with Crippen LogP contribution in [0.2, 0.25) is 18.1 Å². The van der Waals surface area contributed by atoms with Crippen LogP contribution in [0.3, 0.4) is 0 Å². The van der Waals surface area contributed by atoms with Gasteiger partial charge in [0.25, 0.3) is 5.91 Å². The lowest BCUT2D eigenvalue weighted by Gasteiger charge is -2.36. The maximum absolute atomic E-state index is 12.3. The number of hydrogen-bond donors (Lipinski definition) is 1. The van der Waals surface area contributed by atoms with E-state index in [-0.39, 0.29) is 17.0 Å². The molecule has 1 aromatic rings. The van der Waals surface area contributed by atoms with Crippen molar-refractivity contribution in [3.8, 4) is 0 Å². The summed E-state index contributed by atoms with van der Waals surface area (Å²) in [6.07, 6.45) is 0.922. The number of hydrazine groups is 1. The molecule has 0 aromatic heterocycles. The number of ether oxygens (including phenoxy) is 1. The molecular weight excluding hydrogens is 332 g/mol. The smallest absolute Gasteiger partial charge is 0.265 e. The van der Waals surface area contributed by atoms with Gasteiger partial charge in [0.1, 0.15) is 6.10 Å². The van der Waals surface area contributed by atoms with Crippen LogP contribution in [0.4, 0.5) is 0 Å². The van der Waals surface area contributed by atoms with Gasteiger partial charge < -0.3 is 9.16 Å². The minimum atomic E-state index is -1.77. The normalized spacial score (nSPS) is 21.8. The van der Waals surface area contributed by atoms with Crippen LogP contribution in [0.25, 0.3) is 0 Å². The number of carbonyl (C=O) groups is 1. The van der Waals surface area contributed by atoms with Crippen molar-refractivity contribution in [1.82, 2.24) is 5.01 Å². The maximum atomic E-state index is 12.3. The molecule has 1 heterocycles. The first-order valence-corrected chi connectivity index (χ1v) is 11.9. The third-order valence-electron chi connectivity index (χ3n) is 5.42. The molecule has 1 aliphatic heterocycles. The lowest BCUT2D eigenvalue weighted by Crippen LogP contribution is -2.44. The van der Waals surface area contributed by atoms with E-state index in [1.165, 1.54) is 5.01 Å². The van der Waals surface area contributed by atoms with Crippen LogP contribution in [0.1, 0.15) is 39.2 Å². The number of benzene rings is 1. The predicted molar refractivity (Wildman–Crippen MR) is 102 cm³/mol. The summed E-state index contributed by atoms with van der Waals surface area (Å²) in [4.78, 5) is 12.3. The zero-order chi connectivity index (χ0) is 18.7. The highest BCUT2D eigenvalue weighted by molar-refractivity contribution is 6.74. The summed E-state index contributed by atoms with van der Waals surface area (Å²) in [5.74, 6) is 5.85. The molecule has 0 aliphatic carbocycles. The van der Waals surface area contributed by atoms with Crippen LogP contribution in [-0.4, -0.2) is 38.0 Å². The molecule has 140 valence electrons. The second-order valence-electron chi connectivity index (χ2n) is 8.32. The van der Waals surface area contributed by atoms with E-state index in [1.54, 1.807) is 0 Å². The van der Waals surface area contributed by atoms with Crippen LogP contribution < -0.4 is 5.84 Å². The molecule has 6 heteroatoms. The molecule has 1 aliphatic rings. The standard InChI is InChI=1S/C19H32N2O3Si/c1-19(2,3)25(4,5)24-12-11-16-13-17(18(22)21(16)20)23-14-15-9-7-6-8-10-15/h6-10,16-17H,11-14,20H2,1-5H3. The monoisotopic (exact) mass is 364 g/mol. The molecule has 25 heavy (non-hydrogen) atoms. The van der Waals surface area contributed by atoms with Crippen molar-refractivity contribution in [2.24, 2.45) is 5.84 Å². The Bertz CT molecular complexity index is 572. The van der Waals surface area contributed by atoms with Crippen molar-refractivity contribution in [3.63, 3.8) is 0 Å². The second kappa shape index (κ2) is 7.99. The largest absolute Gasteiger partial charge is 0.417 e. The number of rotatable bonds is 7. The SMILES string of the molecule is CC(C)(C)[Si](C)(C)OCCC1CC(OCc2ccccc2)C(=O)N1N. The van der Waals surface area contributed by atoms with E-state index < -0.39 is 14.4 Å². The highest BCUT2D eigenvalue weighted by Crippen LogP contribution is 2.36. The van der Waals surface area contributed by atoms with E-state index in [2.05, 4.69) is 33.9 Å². The number of nitrogens with zero attached hydrogens (tertiary/aromatic N) is 1. The zero-order valence-corrected chi connectivity index (χ0v) is 17.1. The Labute approximate surface area is 152 Å². The summed E-state index contributed by atoms with van der Waals surface area (Å²) in [5.41, 5.74) is 1.06. The molecule has 1 amide bonds. The molecule has 2 unspecified atom stereocenters. The van der Waals surface area contributed by atoms with Gasteiger partial charge in [-0.05, 0) is 30.1 Å². The number of nitrogens with two attached hydrogens (primary N) is 1. The van der Waals surface area contributed by atoms with Crippen LogP contribution in [0.5, 0.6) is 0 Å². The Morgan fingerprint density at radius 1 is 1.24 bits per heavy atom. The topological polar surface area (TPSA) is 64.8 Å². The van der Waals surface area contributed by atoms with Gasteiger partial charge in [-0.25, -0.2) is 5.84 Å². The van der Waals surface area contributed by atoms with Gasteiger partial charge in [0, 0.05) is 13.0 Å². The molecule has 2 rings (SSSR count). The minimum absolute atomic E-state index is 0.0157. The van der Waals surface area contributed by atoms with Gasteiger partial charge in [-0.2, -0.15) is 0 Å². The van der Waals surface area contributed by atoms with E-state index in [4.69, 9.17) is 15.0 Å². The lowest BCUT2D eigenvalue weighted by molar-refractivity contribution is -0.139. The van der Waals surface area contributed by atoms with Crippen LogP contribution in [0.15, 0.2) is 30.3 Å². The second-order valence-corrected chi connectivity index (χ2v) is 13.1. The van der Waals surface area contributed by atoms with Crippen molar-refractivity contribution >= 4 is 14.2 Å². The summed E-state index contributed by atoms with van der Waals surface area (Å²) in [6.45, 7) is 12.2. The Morgan fingerprint density at radius 3 is 2.48 bits per heavy atom. The van der Waals surface area contributed by atoms with Crippen molar-refractivity contribution in [2.75, 3.05) is 6.61 Å². The Balaban J connectivity index is 1.82. The third kappa shape index (κ3) is 5.14. The van der Waals surface area contributed by atoms with Crippen molar-refractivity contribution < 1.29 is 14.0 Å². The van der Waals surface area contributed by atoms with Gasteiger partial charge in [-0.1, -0.05) is 51.1 Å². The molecule has 1 fully saturated rings. The third-order valence-corrected chi connectivity index (χ3v) is 9.96. The van der Waals surface area contributed by atoms with Crippen LogP contribution >= 0.6 is 0 Å². The fraction of sp³-hybridized carbons (Fsp3) is 0.632. The number of hydrogen-bond acceptors (Lipinski definition) is 4. The Kier molecular flexibility index (Phi) is 6.43. The van der Waals surface area contributed by atoms with Crippen molar-refractivity contribution in [3.05, 3.63) is 35.9 Å². The molecule has 5 nitrogen and oxygen atoms in total. The fourth-order valence-corrected chi connectivity index (χ4v) is 3.70. The Hall–Kier alpha value is -1.21. The summed E-state index contributed by atoms with van der Waals surface area (Å²) < 4.78 is 12.0. The summed E-state index contributed by atoms with van der Waals surface area (Å²) in [7, 11) is -1.77. The number of amides is 1. The molecule has 2 atom stereocenters. The Morgan fingerprint density at radius 2 is 1.88 bits per heavy atom. The molecule has 1 aromatic carbocycles. The summed E-state index contributed by atoms with van der Waals surface area (Å²) in [6, 6.07) is 9.85. The number of carbonyl (C=O) groups excluding carboxylic acids is 1. The molecular formula is C19H32N2O3Si. The first-order chi connectivity index (χ1) is 11.6. The van der Waals surface area contributed by atoms with E-state index in [0.29, 0.717) is 19.6 Å². The molecule has 0 spiro atoms. The van der Waals surface area contributed by atoms with Gasteiger partial charge in [0.2, 0.25) is 0 Å². The fourth-order valence-electron chi connectivity index (χ4n) is 2.64. The predicted octanol–water partition coefficient (Wildman–Crippen LogP) is 3.46. The average Bonchev–Trinajstić information content (AvgIpc) is 2.81. The van der Waals surface area contributed by atoms with Crippen molar-refractivity contribution in [1.29, 1.82) is 0 Å². The van der Waals surface area contributed by atoms with Gasteiger partial charge in [0.15, 0.2) is 8.32 Å². The molecule has 0 bridgehead atoms. The molecule has 2 N–H and O–H groups in total. The van der Waals surface area contributed by atoms with E-state index in [9.17, 15) is 4.79 Å². The van der Waals surface area contributed by atoms with Crippen LogP contribution in [0, 0.1) is 0 Å². The first kappa shape index (κ1) is 20.1. The van der Waals surface area contributed by atoms with Crippen molar-refractivity contribution in [2.45, 2.75) is 70.5 Å². The van der Waals surface area contributed by atoms with Crippen LogP contribution in [-0.2, 0) is 20.6 Å². The molecule has 0 saturated carbocycles. The van der Waals surface area contributed by atoms with Gasteiger partial charge in [-0.3, -0.25) is 9.80 Å². The summed E-state index contributed by atoms with van der Waals surface area (Å²) in [5, 5.41) is 1.52. The van der Waals surface area contributed by atoms with E-state index in [0.717, 1.165) is 12.0 Å². The van der Waals surface area contributed by atoms with Gasteiger partial charge in [-0.15, -0.1) is 0 Å². The molecule has 1 saturated heterocycles. The lowest BCUT2D eigenvalue weighted by atomic mass is 10.1.